The van der Waals surface area contributed by atoms with Gasteiger partial charge in [0.1, 0.15) is 0 Å². The maximum Gasteiger partial charge on any atom is 0.351 e. The number of carbonyl (C=O) groups excluding carboxylic acids is 3. The first-order chi connectivity index (χ1) is 16.9. The van der Waals surface area contributed by atoms with E-state index in [0.29, 0.717) is 36.0 Å². The fourth-order valence-electron chi connectivity index (χ4n) is 4.15. The quantitative estimate of drug-likeness (QED) is 0.432. The minimum absolute atomic E-state index is 0.00326. The molecule has 1 aromatic heterocycles. The summed E-state index contributed by atoms with van der Waals surface area (Å²) in [7, 11) is 1.34. The Hall–Kier alpha value is -3.39. The predicted octanol–water partition coefficient (Wildman–Crippen LogP) is 4.81. The Morgan fingerprint density at radius 2 is 1.94 bits per heavy atom. The summed E-state index contributed by atoms with van der Waals surface area (Å²) >= 11 is 1.30. The molecule has 0 spiro atoms. The Labute approximate surface area is 209 Å². The van der Waals surface area contributed by atoms with Crippen LogP contribution >= 0.6 is 11.3 Å². The topological polar surface area (TPSA) is 84.9 Å². The molecule has 35 heavy (non-hydrogen) atoms. The fourth-order valence-corrected chi connectivity index (χ4v) is 5.20. The summed E-state index contributed by atoms with van der Waals surface area (Å²) in [4.78, 5) is 39.9. The van der Waals surface area contributed by atoms with Crippen molar-refractivity contribution in [2.75, 3.05) is 32.1 Å². The molecule has 1 saturated heterocycles. The third-order valence-corrected chi connectivity index (χ3v) is 7.24. The van der Waals surface area contributed by atoms with Crippen LogP contribution in [0.3, 0.4) is 0 Å². The summed E-state index contributed by atoms with van der Waals surface area (Å²) in [6, 6.07) is 13.7. The molecule has 4 rings (SSSR count). The number of hydrogen-bond donors (Lipinski definition) is 1. The first-order valence-electron chi connectivity index (χ1n) is 11.8. The lowest BCUT2D eigenvalue weighted by molar-refractivity contribution is -0.128. The van der Waals surface area contributed by atoms with E-state index in [2.05, 4.69) is 29.6 Å². The number of amides is 2. The first kappa shape index (κ1) is 24.7. The summed E-state index contributed by atoms with van der Waals surface area (Å²) in [6.07, 6.45) is 1.76. The number of esters is 1. The Balaban J connectivity index is 1.43. The number of thiophene rings is 1. The summed E-state index contributed by atoms with van der Waals surface area (Å²) < 4.78 is 11.6. The fraction of sp³-hybridized carbons (Fsp3) is 0.370. The molecule has 0 saturated carbocycles. The Kier molecular flexibility index (Phi) is 7.70. The highest BCUT2D eigenvalue weighted by Crippen LogP contribution is 2.40. The molecule has 7 nitrogen and oxygen atoms in total. The van der Waals surface area contributed by atoms with Crippen molar-refractivity contribution in [3.05, 3.63) is 58.5 Å². The van der Waals surface area contributed by atoms with Crippen molar-refractivity contribution in [1.29, 1.82) is 0 Å². The number of ether oxygens (including phenoxy) is 2. The van der Waals surface area contributed by atoms with E-state index in [1.165, 1.54) is 29.6 Å². The molecule has 0 bridgehead atoms. The zero-order valence-electron chi connectivity index (χ0n) is 20.3. The van der Waals surface area contributed by atoms with Crippen LogP contribution in [-0.2, 0) is 20.7 Å². The summed E-state index contributed by atoms with van der Waals surface area (Å²) in [5.74, 6) is -0.551. The van der Waals surface area contributed by atoms with Gasteiger partial charge in [-0.15, -0.1) is 11.3 Å². The summed E-state index contributed by atoms with van der Waals surface area (Å²) in [5, 5.41) is 3.70. The molecule has 184 valence electrons. The van der Waals surface area contributed by atoms with Crippen LogP contribution in [0, 0.1) is 12.8 Å². The lowest BCUT2D eigenvalue weighted by Crippen LogP contribution is -2.30. The Bertz CT molecular complexity index is 1230. The SMILES string of the molecule is CCCOc1c(C(=O)OC)sc2ccc(NC(=O)C3CC(=O)N(CCc4ccc(C)cc4)C3)cc12. The average Bonchev–Trinajstić information content (AvgIpc) is 3.41. The lowest BCUT2D eigenvalue weighted by Gasteiger charge is -2.16. The number of fused-ring (bicyclic) bond motifs is 1. The number of benzene rings is 2. The van der Waals surface area contributed by atoms with Gasteiger partial charge in [0.15, 0.2) is 10.6 Å². The molecule has 1 unspecified atom stereocenters. The van der Waals surface area contributed by atoms with Crippen molar-refractivity contribution in [2.45, 2.75) is 33.1 Å². The van der Waals surface area contributed by atoms with Crippen LogP contribution in [0.1, 0.15) is 40.6 Å². The van der Waals surface area contributed by atoms with E-state index in [1.54, 1.807) is 11.0 Å². The number of methoxy groups -OCH3 is 1. The summed E-state index contributed by atoms with van der Waals surface area (Å²) in [6.45, 7) is 5.51. The molecule has 1 N–H and O–H groups in total. The zero-order chi connectivity index (χ0) is 24.9. The standard InChI is InChI=1S/C27H30N2O5S/c1-4-13-34-24-21-15-20(9-10-22(21)35-25(24)27(32)33-3)28-26(31)19-14-23(30)29(16-19)12-11-18-7-5-17(2)6-8-18/h5-10,15,19H,4,11-14,16H2,1-3H3,(H,28,31). The van der Waals surface area contributed by atoms with Crippen LogP contribution in [0.2, 0.25) is 0 Å². The molecule has 1 aliphatic rings. The molecule has 8 heteroatoms. The number of likely N-dealkylation sites (tertiary alicyclic amines) is 1. The first-order valence-corrected chi connectivity index (χ1v) is 12.6. The predicted molar refractivity (Wildman–Crippen MR) is 137 cm³/mol. The van der Waals surface area contributed by atoms with E-state index in [-0.39, 0.29) is 18.2 Å². The second-order valence-corrected chi connectivity index (χ2v) is 9.83. The van der Waals surface area contributed by atoms with Gasteiger partial charge < -0.3 is 19.7 Å². The van der Waals surface area contributed by atoms with Gasteiger partial charge in [0.05, 0.1) is 19.6 Å². The highest BCUT2D eigenvalue weighted by atomic mass is 32.1. The van der Waals surface area contributed by atoms with Crippen LogP contribution in [0.5, 0.6) is 5.75 Å². The van der Waals surface area contributed by atoms with Crippen LogP contribution in [0.25, 0.3) is 10.1 Å². The van der Waals surface area contributed by atoms with Crippen LogP contribution in [0.15, 0.2) is 42.5 Å². The minimum Gasteiger partial charge on any atom is -0.491 e. The molecule has 0 aliphatic carbocycles. The van der Waals surface area contributed by atoms with Crippen LogP contribution in [-0.4, -0.2) is 49.5 Å². The van der Waals surface area contributed by atoms with E-state index in [0.717, 1.165) is 22.9 Å². The number of aryl methyl sites for hydroxylation is 1. The molecule has 1 aliphatic heterocycles. The van der Waals surface area contributed by atoms with Gasteiger partial charge in [0.25, 0.3) is 0 Å². The average molecular weight is 495 g/mol. The number of anilines is 1. The number of carbonyl (C=O) groups is 3. The van der Waals surface area contributed by atoms with Gasteiger partial charge in [-0.05, 0) is 43.5 Å². The van der Waals surface area contributed by atoms with Crippen molar-refractivity contribution >= 4 is 44.9 Å². The molecule has 0 radical (unpaired) electrons. The van der Waals surface area contributed by atoms with Gasteiger partial charge in [-0.1, -0.05) is 36.8 Å². The van der Waals surface area contributed by atoms with Crippen molar-refractivity contribution in [3.8, 4) is 5.75 Å². The molecule has 2 amide bonds. The monoisotopic (exact) mass is 494 g/mol. The molecule has 1 atom stereocenters. The van der Waals surface area contributed by atoms with Crippen molar-refractivity contribution in [2.24, 2.45) is 5.92 Å². The van der Waals surface area contributed by atoms with Gasteiger partial charge in [-0.3, -0.25) is 9.59 Å². The molecule has 2 aromatic carbocycles. The van der Waals surface area contributed by atoms with E-state index >= 15 is 0 Å². The van der Waals surface area contributed by atoms with Gasteiger partial charge in [0, 0.05) is 35.3 Å². The van der Waals surface area contributed by atoms with Gasteiger partial charge in [-0.2, -0.15) is 0 Å². The van der Waals surface area contributed by atoms with E-state index in [9.17, 15) is 14.4 Å². The number of hydrogen-bond acceptors (Lipinski definition) is 6. The van der Waals surface area contributed by atoms with Crippen LogP contribution in [0.4, 0.5) is 5.69 Å². The molecule has 3 aromatic rings. The maximum atomic E-state index is 13.0. The van der Waals surface area contributed by atoms with E-state index in [4.69, 9.17) is 9.47 Å². The lowest BCUT2D eigenvalue weighted by atomic mass is 10.1. The summed E-state index contributed by atoms with van der Waals surface area (Å²) in [5.41, 5.74) is 2.98. The van der Waals surface area contributed by atoms with Crippen molar-refractivity contribution in [3.63, 3.8) is 0 Å². The van der Waals surface area contributed by atoms with Crippen molar-refractivity contribution < 1.29 is 23.9 Å². The molecule has 1 fully saturated rings. The number of nitrogens with zero attached hydrogens (tertiary/aromatic N) is 1. The Morgan fingerprint density at radius 3 is 2.66 bits per heavy atom. The second kappa shape index (κ2) is 10.9. The molecular weight excluding hydrogens is 464 g/mol. The third kappa shape index (κ3) is 5.65. The normalized spacial score (nSPS) is 15.5. The number of nitrogens with one attached hydrogen (secondary N) is 1. The molecule has 2 heterocycles. The van der Waals surface area contributed by atoms with Gasteiger partial charge >= 0.3 is 5.97 Å². The van der Waals surface area contributed by atoms with Gasteiger partial charge in [0.2, 0.25) is 11.8 Å². The third-order valence-electron chi connectivity index (χ3n) is 6.11. The largest absolute Gasteiger partial charge is 0.491 e. The van der Waals surface area contributed by atoms with E-state index in [1.807, 2.05) is 26.0 Å². The zero-order valence-corrected chi connectivity index (χ0v) is 21.1. The van der Waals surface area contributed by atoms with Crippen LogP contribution < -0.4 is 10.1 Å². The number of rotatable bonds is 9. The highest BCUT2D eigenvalue weighted by Gasteiger charge is 2.34. The highest BCUT2D eigenvalue weighted by molar-refractivity contribution is 7.21. The smallest absolute Gasteiger partial charge is 0.351 e. The molecular formula is C27H30N2O5S. The van der Waals surface area contributed by atoms with E-state index < -0.39 is 11.9 Å². The van der Waals surface area contributed by atoms with Crippen molar-refractivity contribution in [1.82, 2.24) is 4.90 Å². The second-order valence-electron chi connectivity index (χ2n) is 8.78. The maximum absolute atomic E-state index is 13.0. The van der Waals surface area contributed by atoms with Gasteiger partial charge in [-0.25, -0.2) is 4.79 Å². The Morgan fingerprint density at radius 1 is 1.17 bits per heavy atom. The minimum atomic E-state index is -0.446.